The molecule has 0 rings (SSSR count). The van der Waals surface area contributed by atoms with E-state index in [1.807, 2.05) is 0 Å². The summed E-state index contributed by atoms with van der Waals surface area (Å²) >= 11 is 4.48. The number of hydrogen-bond donors (Lipinski definition) is 1. The van der Waals surface area contributed by atoms with Crippen LogP contribution in [0.25, 0.3) is 0 Å². The molecule has 0 aromatic heterocycles. The lowest BCUT2D eigenvalue weighted by molar-refractivity contribution is -0.107. The average molecular weight is 117 g/mol. The second-order valence-corrected chi connectivity index (χ2v) is 1.70. The molecular weight excluding hydrogens is 110 g/mol. The summed E-state index contributed by atoms with van der Waals surface area (Å²) in [5, 5.41) is 0. The first-order chi connectivity index (χ1) is 3.27. The summed E-state index contributed by atoms with van der Waals surface area (Å²) in [5.74, 6) is 0. The zero-order chi connectivity index (χ0) is 5.70. The Balaban J connectivity index is 2.97. The summed E-state index contributed by atoms with van der Waals surface area (Å²) in [5.41, 5.74) is 5.05. The molecule has 0 unspecified atom stereocenters. The van der Waals surface area contributed by atoms with Gasteiger partial charge in [0, 0.05) is 12.8 Å². The quantitative estimate of drug-likeness (QED) is 0.425. The first-order valence-corrected chi connectivity index (χ1v) is 2.40. The van der Waals surface area contributed by atoms with E-state index in [1.165, 1.54) is 0 Å². The van der Waals surface area contributed by atoms with Crippen molar-refractivity contribution in [2.24, 2.45) is 5.73 Å². The van der Waals surface area contributed by atoms with Gasteiger partial charge in [0.05, 0.1) is 4.99 Å². The van der Waals surface area contributed by atoms with Crippen molar-refractivity contribution in [3.05, 3.63) is 0 Å². The summed E-state index contributed by atoms with van der Waals surface area (Å²) in [6, 6.07) is 0. The van der Waals surface area contributed by atoms with Crippen molar-refractivity contribution in [1.82, 2.24) is 0 Å². The molecule has 0 atom stereocenters. The van der Waals surface area contributed by atoms with Crippen LogP contribution in [0.15, 0.2) is 0 Å². The lowest BCUT2D eigenvalue weighted by atomic mass is 10.3. The fourth-order valence-electron chi connectivity index (χ4n) is 0.201. The molecular formula is C4H7NOS. The number of carbonyl (C=O) groups excluding carboxylic acids is 1. The van der Waals surface area contributed by atoms with Crippen molar-refractivity contribution in [2.45, 2.75) is 12.8 Å². The standard InChI is InChI=1S/C4H7NOS/c5-4(7)2-1-3-6/h3H,1-2H2,(H2,5,7). The second kappa shape index (κ2) is 3.74. The third kappa shape index (κ3) is 5.56. The van der Waals surface area contributed by atoms with Gasteiger partial charge in [0.1, 0.15) is 6.29 Å². The fraction of sp³-hybridized carbons (Fsp3) is 0.500. The Hall–Kier alpha value is -0.440. The molecule has 0 aliphatic carbocycles. The monoisotopic (exact) mass is 117 g/mol. The van der Waals surface area contributed by atoms with E-state index in [9.17, 15) is 4.79 Å². The molecule has 0 saturated heterocycles. The maximum absolute atomic E-state index is 9.59. The lowest BCUT2D eigenvalue weighted by Gasteiger charge is -1.85. The Morgan fingerprint density at radius 1 is 1.86 bits per heavy atom. The van der Waals surface area contributed by atoms with Gasteiger partial charge in [-0.15, -0.1) is 0 Å². The third-order valence-corrected chi connectivity index (χ3v) is 0.713. The van der Waals surface area contributed by atoms with Crippen molar-refractivity contribution in [1.29, 1.82) is 0 Å². The first-order valence-electron chi connectivity index (χ1n) is 1.99. The topological polar surface area (TPSA) is 43.1 Å². The van der Waals surface area contributed by atoms with E-state index in [-0.39, 0.29) is 0 Å². The summed E-state index contributed by atoms with van der Waals surface area (Å²) in [4.78, 5) is 10.0. The Labute approximate surface area is 47.7 Å². The molecule has 2 nitrogen and oxygen atoms in total. The summed E-state index contributed by atoms with van der Waals surface area (Å²) in [6.45, 7) is 0. The van der Waals surface area contributed by atoms with Gasteiger partial charge in [-0.1, -0.05) is 12.2 Å². The molecule has 7 heavy (non-hydrogen) atoms. The Kier molecular flexibility index (Phi) is 3.50. The van der Waals surface area contributed by atoms with Crippen LogP contribution in [0.5, 0.6) is 0 Å². The average Bonchev–Trinajstić information content (AvgIpc) is 1.61. The molecule has 0 bridgehead atoms. The lowest BCUT2D eigenvalue weighted by Crippen LogP contribution is -2.06. The van der Waals surface area contributed by atoms with Gasteiger partial charge in [-0.05, 0) is 0 Å². The van der Waals surface area contributed by atoms with Gasteiger partial charge >= 0.3 is 0 Å². The van der Waals surface area contributed by atoms with Crippen LogP contribution in [-0.2, 0) is 4.79 Å². The maximum atomic E-state index is 9.59. The number of carbonyl (C=O) groups is 1. The Morgan fingerprint density at radius 3 is 2.57 bits per heavy atom. The number of aldehydes is 1. The minimum absolute atomic E-state index is 0.409. The summed E-state index contributed by atoms with van der Waals surface area (Å²) in [7, 11) is 0. The molecule has 0 radical (unpaired) electrons. The van der Waals surface area contributed by atoms with Crippen LogP contribution in [0, 0.1) is 0 Å². The van der Waals surface area contributed by atoms with E-state index >= 15 is 0 Å². The van der Waals surface area contributed by atoms with Crippen molar-refractivity contribution in [3.63, 3.8) is 0 Å². The Morgan fingerprint density at radius 2 is 2.43 bits per heavy atom. The zero-order valence-corrected chi connectivity index (χ0v) is 4.70. The molecule has 0 aliphatic rings. The van der Waals surface area contributed by atoms with Crippen molar-refractivity contribution in [2.75, 3.05) is 0 Å². The molecule has 2 N–H and O–H groups in total. The smallest absolute Gasteiger partial charge is 0.120 e. The Bertz CT molecular complexity index is 81.8. The number of thiocarbonyl (C=S) groups is 1. The van der Waals surface area contributed by atoms with Crippen LogP contribution in [-0.4, -0.2) is 11.3 Å². The van der Waals surface area contributed by atoms with Crippen LogP contribution in [0.4, 0.5) is 0 Å². The van der Waals surface area contributed by atoms with E-state index in [0.29, 0.717) is 17.8 Å². The highest BCUT2D eigenvalue weighted by Crippen LogP contribution is 1.81. The van der Waals surface area contributed by atoms with Crippen molar-refractivity contribution >= 4 is 23.5 Å². The molecule has 0 heterocycles. The van der Waals surface area contributed by atoms with Crippen LogP contribution in [0.3, 0.4) is 0 Å². The molecule has 0 aromatic rings. The van der Waals surface area contributed by atoms with Crippen LogP contribution in [0.2, 0.25) is 0 Å². The van der Waals surface area contributed by atoms with Crippen molar-refractivity contribution in [3.8, 4) is 0 Å². The largest absolute Gasteiger partial charge is 0.393 e. The zero-order valence-electron chi connectivity index (χ0n) is 3.89. The molecule has 0 amide bonds. The van der Waals surface area contributed by atoms with Gasteiger partial charge in [-0.3, -0.25) is 0 Å². The number of nitrogens with two attached hydrogens (primary N) is 1. The van der Waals surface area contributed by atoms with Gasteiger partial charge < -0.3 is 10.5 Å². The third-order valence-electron chi connectivity index (χ3n) is 0.509. The van der Waals surface area contributed by atoms with Crippen LogP contribution >= 0.6 is 12.2 Å². The second-order valence-electron chi connectivity index (χ2n) is 1.17. The predicted molar refractivity (Wildman–Crippen MR) is 32.1 cm³/mol. The predicted octanol–water partition coefficient (Wildman–Crippen LogP) is 0.252. The molecule has 0 fully saturated rings. The summed E-state index contributed by atoms with van der Waals surface area (Å²) in [6.07, 6.45) is 1.80. The SMILES string of the molecule is NC(=S)CCC=O. The van der Waals surface area contributed by atoms with Gasteiger partial charge in [-0.2, -0.15) is 0 Å². The van der Waals surface area contributed by atoms with Crippen LogP contribution in [0.1, 0.15) is 12.8 Å². The van der Waals surface area contributed by atoms with Gasteiger partial charge in [0.2, 0.25) is 0 Å². The number of rotatable bonds is 3. The van der Waals surface area contributed by atoms with Crippen molar-refractivity contribution < 1.29 is 4.79 Å². The minimum atomic E-state index is 0.409. The normalized spacial score (nSPS) is 8.00. The summed E-state index contributed by atoms with van der Waals surface area (Å²) < 4.78 is 0. The van der Waals surface area contributed by atoms with Gasteiger partial charge in [-0.25, -0.2) is 0 Å². The first kappa shape index (κ1) is 6.56. The molecule has 3 heteroatoms. The number of hydrogen-bond acceptors (Lipinski definition) is 2. The highest BCUT2D eigenvalue weighted by molar-refractivity contribution is 7.80. The van der Waals surface area contributed by atoms with E-state index in [4.69, 9.17) is 5.73 Å². The molecule has 0 aliphatic heterocycles. The molecule has 40 valence electrons. The molecule has 0 spiro atoms. The van der Waals surface area contributed by atoms with Crippen LogP contribution < -0.4 is 5.73 Å². The molecule has 0 aromatic carbocycles. The highest BCUT2D eigenvalue weighted by Gasteiger charge is 1.84. The van der Waals surface area contributed by atoms with Gasteiger partial charge in [0.25, 0.3) is 0 Å². The van der Waals surface area contributed by atoms with Gasteiger partial charge in [0.15, 0.2) is 0 Å². The van der Waals surface area contributed by atoms with E-state index in [1.54, 1.807) is 0 Å². The van der Waals surface area contributed by atoms with E-state index in [2.05, 4.69) is 12.2 Å². The molecule has 0 saturated carbocycles. The van der Waals surface area contributed by atoms with E-state index < -0.39 is 0 Å². The minimum Gasteiger partial charge on any atom is -0.393 e. The maximum Gasteiger partial charge on any atom is 0.120 e. The van der Waals surface area contributed by atoms with E-state index in [0.717, 1.165) is 6.29 Å². The fourth-order valence-corrected chi connectivity index (χ4v) is 0.319. The highest BCUT2D eigenvalue weighted by atomic mass is 32.1.